The maximum atomic E-state index is 5.57. The summed E-state index contributed by atoms with van der Waals surface area (Å²) in [5.41, 5.74) is 2.78. The van der Waals surface area contributed by atoms with Crippen molar-refractivity contribution < 1.29 is 9.15 Å². The molecule has 1 fully saturated rings. The Morgan fingerprint density at radius 3 is 3.13 bits per heavy atom. The zero-order valence-corrected chi connectivity index (χ0v) is 8.82. The first-order valence-electron chi connectivity index (χ1n) is 5.51. The molecule has 15 heavy (non-hydrogen) atoms. The Morgan fingerprint density at radius 1 is 1.60 bits per heavy atom. The molecule has 2 atom stereocenters. The number of nitrogens with one attached hydrogen (secondary N) is 1. The number of rotatable bonds is 5. The zero-order chi connectivity index (χ0) is 10.5. The molecule has 3 N–H and O–H groups in total. The minimum Gasteiger partial charge on any atom is -0.468 e. The molecule has 1 aliphatic heterocycles. The van der Waals surface area contributed by atoms with Gasteiger partial charge in [-0.3, -0.25) is 5.84 Å². The SMILES string of the molecule is NNC(CCC1CCCO1)c1ccco1. The Labute approximate surface area is 89.7 Å². The molecular formula is C11H18N2O2. The maximum Gasteiger partial charge on any atom is 0.122 e. The van der Waals surface area contributed by atoms with E-state index in [0.717, 1.165) is 25.2 Å². The van der Waals surface area contributed by atoms with Gasteiger partial charge in [-0.2, -0.15) is 0 Å². The van der Waals surface area contributed by atoms with E-state index in [-0.39, 0.29) is 6.04 Å². The Bertz CT molecular complexity index is 268. The van der Waals surface area contributed by atoms with Gasteiger partial charge in [-0.05, 0) is 37.8 Å². The Morgan fingerprint density at radius 2 is 2.53 bits per heavy atom. The van der Waals surface area contributed by atoms with Crippen LogP contribution in [-0.4, -0.2) is 12.7 Å². The third-order valence-corrected chi connectivity index (χ3v) is 2.89. The average molecular weight is 210 g/mol. The average Bonchev–Trinajstić information content (AvgIpc) is 2.90. The van der Waals surface area contributed by atoms with E-state index >= 15 is 0 Å². The van der Waals surface area contributed by atoms with Crippen LogP contribution in [0.25, 0.3) is 0 Å². The summed E-state index contributed by atoms with van der Waals surface area (Å²) in [4.78, 5) is 0. The highest BCUT2D eigenvalue weighted by Gasteiger charge is 2.19. The Kier molecular flexibility index (Phi) is 3.77. The highest BCUT2D eigenvalue weighted by atomic mass is 16.5. The Hall–Kier alpha value is -0.840. The van der Waals surface area contributed by atoms with Gasteiger partial charge in [0, 0.05) is 6.61 Å². The molecule has 84 valence electrons. The lowest BCUT2D eigenvalue weighted by atomic mass is 10.0. The van der Waals surface area contributed by atoms with Crippen molar-refractivity contribution in [2.45, 2.75) is 37.8 Å². The van der Waals surface area contributed by atoms with Gasteiger partial charge in [-0.15, -0.1) is 0 Å². The van der Waals surface area contributed by atoms with Crippen molar-refractivity contribution in [1.82, 2.24) is 5.43 Å². The number of ether oxygens (including phenoxy) is 1. The van der Waals surface area contributed by atoms with Crippen LogP contribution in [0.5, 0.6) is 0 Å². The molecule has 0 bridgehead atoms. The van der Waals surface area contributed by atoms with E-state index < -0.39 is 0 Å². The van der Waals surface area contributed by atoms with E-state index in [0.29, 0.717) is 6.10 Å². The first-order chi connectivity index (χ1) is 7.40. The smallest absolute Gasteiger partial charge is 0.122 e. The van der Waals surface area contributed by atoms with Crippen LogP contribution in [-0.2, 0) is 4.74 Å². The molecule has 4 heteroatoms. The predicted molar refractivity (Wildman–Crippen MR) is 57.0 cm³/mol. The van der Waals surface area contributed by atoms with Crippen LogP contribution < -0.4 is 11.3 Å². The number of furan rings is 1. The van der Waals surface area contributed by atoms with Crippen LogP contribution in [0.15, 0.2) is 22.8 Å². The lowest BCUT2D eigenvalue weighted by molar-refractivity contribution is 0.0988. The first-order valence-corrected chi connectivity index (χ1v) is 5.51. The Balaban J connectivity index is 1.80. The summed E-state index contributed by atoms with van der Waals surface area (Å²) in [5.74, 6) is 6.40. The van der Waals surface area contributed by atoms with E-state index in [4.69, 9.17) is 15.0 Å². The van der Waals surface area contributed by atoms with Gasteiger partial charge < -0.3 is 9.15 Å². The third-order valence-electron chi connectivity index (χ3n) is 2.89. The van der Waals surface area contributed by atoms with Crippen LogP contribution in [0.4, 0.5) is 0 Å². The van der Waals surface area contributed by atoms with Gasteiger partial charge in [0.05, 0.1) is 18.4 Å². The van der Waals surface area contributed by atoms with E-state index in [9.17, 15) is 0 Å². The summed E-state index contributed by atoms with van der Waals surface area (Å²) in [6, 6.07) is 3.93. The second-order valence-corrected chi connectivity index (χ2v) is 3.95. The summed E-state index contributed by atoms with van der Waals surface area (Å²) in [6.45, 7) is 0.909. The van der Waals surface area contributed by atoms with Crippen molar-refractivity contribution in [3.05, 3.63) is 24.2 Å². The van der Waals surface area contributed by atoms with Gasteiger partial charge in [-0.1, -0.05) is 0 Å². The molecule has 4 nitrogen and oxygen atoms in total. The summed E-state index contributed by atoms with van der Waals surface area (Å²) in [7, 11) is 0. The highest BCUT2D eigenvalue weighted by molar-refractivity contribution is 5.03. The number of hydrogen-bond acceptors (Lipinski definition) is 4. The van der Waals surface area contributed by atoms with Crippen LogP contribution in [0, 0.1) is 0 Å². The molecule has 0 radical (unpaired) electrons. The van der Waals surface area contributed by atoms with Gasteiger partial charge >= 0.3 is 0 Å². The molecule has 0 amide bonds. The van der Waals surface area contributed by atoms with Crippen molar-refractivity contribution in [3.8, 4) is 0 Å². The number of hydrazine groups is 1. The van der Waals surface area contributed by atoms with Gasteiger partial charge in [0.2, 0.25) is 0 Å². The third kappa shape index (κ3) is 2.81. The lowest BCUT2D eigenvalue weighted by Crippen LogP contribution is -2.28. The molecule has 1 saturated heterocycles. The second kappa shape index (κ2) is 5.30. The molecule has 1 aromatic rings. The molecule has 2 unspecified atom stereocenters. The molecule has 0 saturated carbocycles. The standard InChI is InChI=1S/C11H18N2O2/c12-13-10(11-4-2-8-15-11)6-5-9-3-1-7-14-9/h2,4,8-10,13H,1,3,5-7,12H2. The van der Waals surface area contributed by atoms with Crippen molar-refractivity contribution >= 4 is 0 Å². The highest BCUT2D eigenvalue weighted by Crippen LogP contribution is 2.23. The molecule has 1 aliphatic rings. The predicted octanol–water partition coefficient (Wildman–Crippen LogP) is 1.74. The fourth-order valence-corrected chi connectivity index (χ4v) is 2.02. The van der Waals surface area contributed by atoms with Crippen LogP contribution in [0.3, 0.4) is 0 Å². The normalized spacial score (nSPS) is 23.1. The minimum absolute atomic E-state index is 0.101. The minimum atomic E-state index is 0.101. The molecular weight excluding hydrogens is 192 g/mol. The molecule has 0 aromatic carbocycles. The topological polar surface area (TPSA) is 60.4 Å². The van der Waals surface area contributed by atoms with E-state index in [1.54, 1.807) is 6.26 Å². The van der Waals surface area contributed by atoms with E-state index in [1.165, 1.54) is 12.8 Å². The van der Waals surface area contributed by atoms with Crippen molar-refractivity contribution in [2.24, 2.45) is 5.84 Å². The maximum absolute atomic E-state index is 5.57. The molecule has 1 aromatic heterocycles. The van der Waals surface area contributed by atoms with E-state index in [1.807, 2.05) is 12.1 Å². The van der Waals surface area contributed by atoms with Crippen molar-refractivity contribution in [3.63, 3.8) is 0 Å². The molecule has 2 heterocycles. The first kappa shape index (κ1) is 10.7. The number of nitrogens with two attached hydrogens (primary N) is 1. The largest absolute Gasteiger partial charge is 0.468 e. The zero-order valence-electron chi connectivity index (χ0n) is 8.82. The molecule has 0 aliphatic carbocycles. The van der Waals surface area contributed by atoms with Crippen molar-refractivity contribution in [2.75, 3.05) is 6.61 Å². The van der Waals surface area contributed by atoms with Gasteiger partial charge in [0.15, 0.2) is 0 Å². The molecule has 0 spiro atoms. The van der Waals surface area contributed by atoms with Crippen LogP contribution in [0.1, 0.15) is 37.5 Å². The summed E-state index contributed by atoms with van der Waals surface area (Å²) in [6.07, 6.45) is 6.44. The number of hydrogen-bond donors (Lipinski definition) is 2. The van der Waals surface area contributed by atoms with Crippen molar-refractivity contribution in [1.29, 1.82) is 0 Å². The second-order valence-electron chi connectivity index (χ2n) is 3.95. The van der Waals surface area contributed by atoms with Gasteiger partial charge in [0.25, 0.3) is 0 Å². The summed E-state index contributed by atoms with van der Waals surface area (Å²) < 4.78 is 10.9. The fourth-order valence-electron chi connectivity index (χ4n) is 2.02. The monoisotopic (exact) mass is 210 g/mol. The quantitative estimate of drug-likeness (QED) is 0.574. The lowest BCUT2D eigenvalue weighted by Gasteiger charge is -2.15. The van der Waals surface area contributed by atoms with Gasteiger partial charge in [0.1, 0.15) is 5.76 Å². The summed E-state index contributed by atoms with van der Waals surface area (Å²) >= 11 is 0. The molecule has 2 rings (SSSR count). The van der Waals surface area contributed by atoms with Crippen LogP contribution >= 0.6 is 0 Å². The van der Waals surface area contributed by atoms with E-state index in [2.05, 4.69) is 5.43 Å². The fraction of sp³-hybridized carbons (Fsp3) is 0.636. The summed E-state index contributed by atoms with van der Waals surface area (Å²) in [5, 5.41) is 0. The van der Waals surface area contributed by atoms with Crippen LogP contribution in [0.2, 0.25) is 0 Å². The van der Waals surface area contributed by atoms with Gasteiger partial charge in [-0.25, -0.2) is 5.43 Å².